The van der Waals surface area contributed by atoms with Crippen LogP contribution in [0.1, 0.15) is 125 Å². The monoisotopic (exact) mass is 768 g/mol. The average Bonchev–Trinajstić information content (AvgIpc) is 3.85. The van der Waals surface area contributed by atoms with Crippen molar-refractivity contribution in [2.75, 3.05) is 39.5 Å². The number of aliphatic hydroxyl groups excluding tert-OH is 2. The molecule has 302 valence electrons. The molecule has 5 rings (SSSR count). The summed E-state index contributed by atoms with van der Waals surface area (Å²) in [5.74, 6) is -0.289. The summed E-state index contributed by atoms with van der Waals surface area (Å²) in [6.45, 7) is 18.1. The molecular formula is C44H60N6O6. The van der Waals surface area contributed by atoms with Gasteiger partial charge in [0.05, 0.1) is 48.2 Å². The summed E-state index contributed by atoms with van der Waals surface area (Å²) in [6, 6.07) is 8.29. The zero-order valence-electron chi connectivity index (χ0n) is 34.4. The minimum Gasteiger partial charge on any atom is -0.395 e. The first-order valence-corrected chi connectivity index (χ1v) is 20.1. The molecule has 0 aromatic carbocycles. The van der Waals surface area contributed by atoms with Crippen LogP contribution < -0.4 is 10.6 Å². The van der Waals surface area contributed by atoms with Crippen LogP contribution in [0, 0.1) is 13.8 Å². The Morgan fingerprint density at radius 1 is 0.679 bits per heavy atom. The van der Waals surface area contributed by atoms with Crippen molar-refractivity contribution in [1.82, 2.24) is 30.6 Å². The molecule has 2 aliphatic heterocycles. The first kappa shape index (κ1) is 42.5. The Morgan fingerprint density at radius 3 is 1.88 bits per heavy atom. The van der Waals surface area contributed by atoms with E-state index in [1.54, 1.807) is 0 Å². The molecule has 56 heavy (non-hydrogen) atoms. The molecule has 6 N–H and O–H groups in total. The summed E-state index contributed by atoms with van der Waals surface area (Å²) in [7, 11) is 0. The minimum absolute atomic E-state index is 0.124. The number of fused-ring (bicyclic) bond motifs is 8. The highest BCUT2D eigenvalue weighted by Crippen LogP contribution is 2.39. The number of aliphatic hydroxyl groups is 2. The largest absolute Gasteiger partial charge is 0.395 e. The zero-order valence-corrected chi connectivity index (χ0v) is 34.4. The van der Waals surface area contributed by atoms with Crippen LogP contribution in [0.4, 0.5) is 0 Å². The van der Waals surface area contributed by atoms with E-state index in [2.05, 4.69) is 81.2 Å². The number of aryl methyl sites for hydroxylation is 3. The third kappa shape index (κ3) is 9.66. The second-order valence-corrected chi connectivity index (χ2v) is 14.7. The van der Waals surface area contributed by atoms with Crippen LogP contribution in [0.5, 0.6) is 0 Å². The number of carbonyl (C=O) groups is 2. The fourth-order valence-corrected chi connectivity index (χ4v) is 7.62. The number of hydrogen-bond acceptors (Lipinski definition) is 8. The second-order valence-electron chi connectivity index (χ2n) is 14.7. The lowest BCUT2D eigenvalue weighted by Gasteiger charge is -2.15. The van der Waals surface area contributed by atoms with E-state index < -0.39 is 0 Å². The van der Waals surface area contributed by atoms with E-state index >= 15 is 0 Å². The maximum Gasteiger partial charge on any atom is 0.220 e. The summed E-state index contributed by atoms with van der Waals surface area (Å²) < 4.78 is 12.6. The zero-order chi connectivity index (χ0) is 40.5. The molecule has 0 saturated heterocycles. The highest BCUT2D eigenvalue weighted by Gasteiger charge is 2.26. The van der Waals surface area contributed by atoms with Crippen LogP contribution in [0.25, 0.3) is 44.4 Å². The van der Waals surface area contributed by atoms with Gasteiger partial charge in [-0.2, -0.15) is 0 Å². The summed E-state index contributed by atoms with van der Waals surface area (Å²) >= 11 is 0. The van der Waals surface area contributed by atoms with Crippen LogP contribution in [-0.4, -0.2) is 87.6 Å². The Balaban J connectivity index is 1.85. The topological polar surface area (TPSA) is 174 Å². The highest BCUT2D eigenvalue weighted by molar-refractivity contribution is 5.97. The summed E-state index contributed by atoms with van der Waals surface area (Å²) in [5.41, 5.74) is 14.7. The number of aromatic nitrogens is 4. The van der Waals surface area contributed by atoms with Crippen molar-refractivity contribution in [2.24, 2.45) is 0 Å². The molecule has 0 radical (unpaired) electrons. The Kier molecular flexibility index (Phi) is 14.8. The number of nitrogens with one attached hydrogen (secondary N) is 4. The molecule has 8 bridgehead atoms. The summed E-state index contributed by atoms with van der Waals surface area (Å²) in [4.78, 5) is 43.4. The van der Waals surface area contributed by atoms with E-state index in [1.807, 2.05) is 19.1 Å². The van der Waals surface area contributed by atoms with E-state index in [4.69, 9.17) is 19.4 Å². The van der Waals surface area contributed by atoms with Crippen LogP contribution in [0.15, 0.2) is 24.3 Å². The van der Waals surface area contributed by atoms with Crippen molar-refractivity contribution < 1.29 is 29.3 Å². The SMILES string of the molecule is CCCOC(C)C1=C(C)c2cc3nc(cc4[nH]c(cc5[nH]c(cc1n2)c(C)c5C(C)OCCC)c(C)c4CCC(=O)NCCO)C(CCC(=O)NCCO)=C3C. The molecule has 12 nitrogen and oxygen atoms in total. The number of amides is 2. The Labute approximate surface area is 330 Å². The third-order valence-corrected chi connectivity index (χ3v) is 10.7. The van der Waals surface area contributed by atoms with Crippen LogP contribution in [0.3, 0.4) is 0 Å². The highest BCUT2D eigenvalue weighted by atomic mass is 16.5. The number of allylic oxidation sites excluding steroid dienone is 3. The van der Waals surface area contributed by atoms with E-state index in [-0.39, 0.29) is 63.2 Å². The van der Waals surface area contributed by atoms with Crippen molar-refractivity contribution in [3.8, 4) is 0 Å². The molecule has 2 amide bonds. The van der Waals surface area contributed by atoms with Gasteiger partial charge in [0, 0.05) is 72.3 Å². The van der Waals surface area contributed by atoms with E-state index in [0.717, 1.165) is 102 Å². The molecule has 3 aromatic rings. The number of carbonyl (C=O) groups excluding carboxylic acids is 2. The van der Waals surface area contributed by atoms with Crippen molar-refractivity contribution in [3.05, 3.63) is 69.3 Å². The van der Waals surface area contributed by atoms with Crippen LogP contribution >= 0.6 is 0 Å². The van der Waals surface area contributed by atoms with E-state index in [1.165, 1.54) is 0 Å². The van der Waals surface area contributed by atoms with Gasteiger partial charge < -0.3 is 40.3 Å². The number of rotatable bonds is 18. The van der Waals surface area contributed by atoms with Gasteiger partial charge in [0.1, 0.15) is 0 Å². The number of hydrogen-bond donors (Lipinski definition) is 6. The predicted molar refractivity (Wildman–Crippen MR) is 224 cm³/mol. The van der Waals surface area contributed by atoms with E-state index in [9.17, 15) is 19.8 Å². The first-order valence-electron chi connectivity index (χ1n) is 20.1. The lowest BCUT2D eigenvalue weighted by Crippen LogP contribution is -2.26. The van der Waals surface area contributed by atoms with Crippen LogP contribution in [0.2, 0.25) is 0 Å². The minimum atomic E-state index is -0.194. The van der Waals surface area contributed by atoms with Crippen molar-refractivity contribution >= 4 is 56.2 Å². The Hall–Kier alpha value is -4.62. The quantitative estimate of drug-likeness (QED) is 0.0801. The smallest absolute Gasteiger partial charge is 0.220 e. The molecule has 2 aliphatic rings. The number of nitrogens with zero attached hydrogens (tertiary/aromatic N) is 2. The molecule has 0 spiro atoms. The Morgan fingerprint density at radius 2 is 1.23 bits per heavy atom. The van der Waals surface area contributed by atoms with Gasteiger partial charge in [-0.25, -0.2) is 9.97 Å². The van der Waals surface area contributed by atoms with Gasteiger partial charge >= 0.3 is 0 Å². The molecule has 2 unspecified atom stereocenters. The molecule has 0 aliphatic carbocycles. The molecule has 3 aromatic heterocycles. The van der Waals surface area contributed by atoms with Crippen LogP contribution in [-0.2, 0) is 25.5 Å². The molecule has 0 saturated carbocycles. The van der Waals surface area contributed by atoms with Crippen molar-refractivity contribution in [1.29, 1.82) is 0 Å². The molecule has 5 heterocycles. The molecule has 2 atom stereocenters. The normalized spacial score (nSPS) is 14.0. The van der Waals surface area contributed by atoms with Crippen molar-refractivity contribution in [2.45, 2.75) is 106 Å². The average molecular weight is 769 g/mol. The van der Waals surface area contributed by atoms with Gasteiger partial charge in [-0.05, 0) is 125 Å². The maximum atomic E-state index is 12.8. The lowest BCUT2D eigenvalue weighted by molar-refractivity contribution is -0.121. The lowest BCUT2D eigenvalue weighted by atomic mass is 9.99. The first-order chi connectivity index (χ1) is 26.9. The van der Waals surface area contributed by atoms with Gasteiger partial charge in [0.2, 0.25) is 11.8 Å². The van der Waals surface area contributed by atoms with Crippen molar-refractivity contribution in [3.63, 3.8) is 0 Å². The molecular weight excluding hydrogens is 709 g/mol. The predicted octanol–water partition coefficient (Wildman–Crippen LogP) is 7.03. The fraction of sp³-hybridized carbons (Fsp3) is 0.500. The van der Waals surface area contributed by atoms with E-state index in [0.29, 0.717) is 26.1 Å². The molecule has 12 heteroatoms. The second kappa shape index (κ2) is 19.5. The number of ether oxygens (including phenoxy) is 2. The summed E-state index contributed by atoms with van der Waals surface area (Å²) in [5, 5.41) is 24.1. The van der Waals surface area contributed by atoms with Gasteiger partial charge in [-0.15, -0.1) is 0 Å². The fourth-order valence-electron chi connectivity index (χ4n) is 7.62. The van der Waals surface area contributed by atoms with Gasteiger partial charge in [-0.1, -0.05) is 13.8 Å². The third-order valence-electron chi connectivity index (χ3n) is 10.7. The van der Waals surface area contributed by atoms with Gasteiger partial charge in [-0.3, -0.25) is 9.59 Å². The van der Waals surface area contributed by atoms with Gasteiger partial charge in [0.15, 0.2) is 0 Å². The van der Waals surface area contributed by atoms with Gasteiger partial charge in [0.25, 0.3) is 0 Å². The molecule has 0 fully saturated rings. The number of aromatic amines is 2. The standard InChI is InChI=1S/C44H60N6O6/c1-9-19-55-29(7)43-27(5)35-21-33-25(3)31(11-13-41(53)45-15-17-51)37(47-33)24-38-32(12-14-42(54)46-16-18-52)26(4)34(48-38)22-39-44(30(8)56-20-10-2)28(6)36(50-39)23-40(43)49-35/h21-24,29-30,48,50-52H,9-20H2,1-8H3,(H,45,53)(H,46,54). The maximum absolute atomic E-state index is 12.8. The number of H-pyrrole nitrogens is 2. The summed E-state index contributed by atoms with van der Waals surface area (Å²) in [6.07, 6.45) is 2.79. The Bertz CT molecular complexity index is 2140.